The molecule has 0 bridgehead atoms. The third-order valence-electron chi connectivity index (χ3n) is 2.06. The summed E-state index contributed by atoms with van der Waals surface area (Å²) in [7, 11) is 0. The lowest BCUT2D eigenvalue weighted by molar-refractivity contribution is 1.14. The van der Waals surface area contributed by atoms with Gasteiger partial charge < -0.3 is 9.97 Å². The average Bonchev–Trinajstić information content (AvgIpc) is 2.42. The van der Waals surface area contributed by atoms with Crippen molar-refractivity contribution in [2.75, 3.05) is 0 Å². The van der Waals surface area contributed by atoms with Crippen LogP contribution in [0.4, 0.5) is 0 Å². The molecule has 0 saturated heterocycles. The molecule has 2 N–H and O–H groups in total. The zero-order chi connectivity index (χ0) is 9.42. The lowest BCUT2D eigenvalue weighted by atomic mass is 10.1. The number of fused-ring (bicyclic) bond motifs is 1. The third-order valence-corrected chi connectivity index (χ3v) is 2.42. The molecule has 0 amide bonds. The monoisotopic (exact) mass is 196 g/mol. The van der Waals surface area contributed by atoms with Crippen LogP contribution in [-0.2, 0) is 6.42 Å². The second kappa shape index (κ2) is 2.92. The third kappa shape index (κ3) is 1.35. The van der Waals surface area contributed by atoms with Crippen LogP contribution in [0.3, 0.4) is 0 Å². The molecule has 2 aromatic rings. The molecule has 0 unspecified atom stereocenters. The molecule has 0 fully saturated rings. The molecule has 0 spiro atoms. The number of halogens is 1. The minimum atomic E-state index is -0.195. The highest BCUT2D eigenvalue weighted by Gasteiger charge is 2.03. The van der Waals surface area contributed by atoms with Gasteiger partial charge in [-0.1, -0.05) is 18.5 Å². The Hall–Kier alpha value is -1.22. The summed E-state index contributed by atoms with van der Waals surface area (Å²) in [5, 5.41) is 0.699. The minimum absolute atomic E-state index is 0.195. The lowest BCUT2D eigenvalue weighted by Gasteiger charge is -1.99. The number of hydrogen-bond donors (Lipinski definition) is 2. The Balaban J connectivity index is 2.80. The summed E-state index contributed by atoms with van der Waals surface area (Å²) in [6.07, 6.45) is 0.863. The topological polar surface area (TPSA) is 48.6 Å². The maximum absolute atomic E-state index is 10.9. The van der Waals surface area contributed by atoms with Gasteiger partial charge in [0.05, 0.1) is 11.0 Å². The van der Waals surface area contributed by atoms with Gasteiger partial charge in [0.1, 0.15) is 0 Å². The molecule has 0 aliphatic heterocycles. The molecule has 4 heteroatoms. The molecule has 1 aromatic heterocycles. The summed E-state index contributed by atoms with van der Waals surface area (Å²) in [5.74, 6) is 0. The number of aryl methyl sites for hydroxylation is 1. The van der Waals surface area contributed by atoms with Crippen molar-refractivity contribution >= 4 is 22.6 Å². The molecule has 68 valence electrons. The van der Waals surface area contributed by atoms with Gasteiger partial charge in [0.25, 0.3) is 0 Å². The maximum atomic E-state index is 10.9. The van der Waals surface area contributed by atoms with Crippen LogP contribution < -0.4 is 5.69 Å². The van der Waals surface area contributed by atoms with Crippen molar-refractivity contribution in [1.82, 2.24) is 9.97 Å². The lowest BCUT2D eigenvalue weighted by Crippen LogP contribution is -1.99. The quantitative estimate of drug-likeness (QED) is 0.721. The van der Waals surface area contributed by atoms with E-state index in [1.165, 1.54) is 0 Å². The molecular weight excluding hydrogens is 188 g/mol. The van der Waals surface area contributed by atoms with Crippen molar-refractivity contribution in [3.63, 3.8) is 0 Å². The maximum Gasteiger partial charge on any atom is 0.323 e. The minimum Gasteiger partial charge on any atom is -0.306 e. The van der Waals surface area contributed by atoms with E-state index in [4.69, 9.17) is 11.6 Å². The van der Waals surface area contributed by atoms with Gasteiger partial charge in [0.15, 0.2) is 0 Å². The van der Waals surface area contributed by atoms with Crippen LogP contribution >= 0.6 is 11.6 Å². The Labute approximate surface area is 79.7 Å². The molecular formula is C9H9ClN2O. The molecule has 0 aliphatic rings. The van der Waals surface area contributed by atoms with E-state index >= 15 is 0 Å². The average molecular weight is 197 g/mol. The van der Waals surface area contributed by atoms with Gasteiger partial charge in [-0.3, -0.25) is 0 Å². The number of H-pyrrole nitrogens is 2. The second-order valence-corrected chi connectivity index (χ2v) is 3.33. The SMILES string of the molecule is CCc1cc2[nH]c(=O)[nH]c2cc1Cl. The largest absolute Gasteiger partial charge is 0.323 e. The Morgan fingerprint density at radius 3 is 2.54 bits per heavy atom. The first-order valence-corrected chi connectivity index (χ1v) is 4.49. The molecule has 0 atom stereocenters. The Bertz CT molecular complexity index is 498. The van der Waals surface area contributed by atoms with E-state index in [2.05, 4.69) is 9.97 Å². The first kappa shape index (κ1) is 8.38. The molecule has 0 radical (unpaired) electrons. The number of benzene rings is 1. The van der Waals surface area contributed by atoms with Crippen LogP contribution in [-0.4, -0.2) is 9.97 Å². The van der Waals surface area contributed by atoms with Crippen molar-refractivity contribution in [1.29, 1.82) is 0 Å². The van der Waals surface area contributed by atoms with Crippen molar-refractivity contribution in [3.8, 4) is 0 Å². The number of rotatable bonds is 1. The van der Waals surface area contributed by atoms with Crippen LogP contribution in [0.25, 0.3) is 11.0 Å². The van der Waals surface area contributed by atoms with E-state index in [0.717, 1.165) is 23.0 Å². The second-order valence-electron chi connectivity index (χ2n) is 2.92. The van der Waals surface area contributed by atoms with E-state index in [1.54, 1.807) is 6.07 Å². The summed E-state index contributed by atoms with van der Waals surface area (Å²) in [4.78, 5) is 16.3. The van der Waals surface area contributed by atoms with E-state index in [0.29, 0.717) is 5.02 Å². The standard InChI is InChI=1S/C9H9ClN2O/c1-2-5-3-7-8(4-6(5)10)12-9(13)11-7/h3-4H,2H2,1H3,(H2,11,12,13). The molecule has 0 aliphatic carbocycles. The molecule has 0 saturated carbocycles. The Morgan fingerprint density at radius 1 is 1.31 bits per heavy atom. The molecule has 3 nitrogen and oxygen atoms in total. The number of nitrogens with one attached hydrogen (secondary N) is 2. The van der Waals surface area contributed by atoms with Gasteiger partial charge >= 0.3 is 5.69 Å². The summed E-state index contributed by atoms with van der Waals surface area (Å²) in [6.45, 7) is 2.03. The van der Waals surface area contributed by atoms with E-state index in [-0.39, 0.29) is 5.69 Å². The number of imidazole rings is 1. The molecule has 13 heavy (non-hydrogen) atoms. The van der Waals surface area contributed by atoms with Crippen molar-refractivity contribution < 1.29 is 0 Å². The predicted molar refractivity (Wildman–Crippen MR) is 53.3 cm³/mol. The zero-order valence-corrected chi connectivity index (χ0v) is 7.90. The van der Waals surface area contributed by atoms with Crippen LogP contribution in [0, 0.1) is 0 Å². The molecule has 2 rings (SSSR count). The summed E-state index contributed by atoms with van der Waals surface area (Å²) < 4.78 is 0. The van der Waals surface area contributed by atoms with E-state index < -0.39 is 0 Å². The first-order chi connectivity index (χ1) is 6.20. The van der Waals surface area contributed by atoms with Crippen molar-refractivity contribution in [2.45, 2.75) is 13.3 Å². The predicted octanol–water partition coefficient (Wildman–Crippen LogP) is 2.07. The smallest absolute Gasteiger partial charge is 0.306 e. The van der Waals surface area contributed by atoms with Crippen LogP contribution in [0.2, 0.25) is 5.02 Å². The molecule has 1 heterocycles. The van der Waals surface area contributed by atoms with Gasteiger partial charge in [-0.2, -0.15) is 0 Å². The fraction of sp³-hybridized carbons (Fsp3) is 0.222. The van der Waals surface area contributed by atoms with Crippen molar-refractivity contribution in [3.05, 3.63) is 33.2 Å². The normalized spacial score (nSPS) is 10.9. The van der Waals surface area contributed by atoms with Gasteiger partial charge in [-0.15, -0.1) is 0 Å². The van der Waals surface area contributed by atoms with Gasteiger partial charge in [-0.25, -0.2) is 4.79 Å². The highest BCUT2D eigenvalue weighted by molar-refractivity contribution is 6.32. The van der Waals surface area contributed by atoms with Gasteiger partial charge in [-0.05, 0) is 24.1 Å². The van der Waals surface area contributed by atoms with Gasteiger partial charge in [0.2, 0.25) is 0 Å². The van der Waals surface area contributed by atoms with Crippen LogP contribution in [0.15, 0.2) is 16.9 Å². The zero-order valence-electron chi connectivity index (χ0n) is 7.15. The number of aromatic nitrogens is 2. The fourth-order valence-corrected chi connectivity index (χ4v) is 1.67. The highest BCUT2D eigenvalue weighted by atomic mass is 35.5. The Kier molecular flexibility index (Phi) is 1.88. The van der Waals surface area contributed by atoms with E-state index in [1.807, 2.05) is 13.0 Å². The summed E-state index contributed by atoms with van der Waals surface area (Å²) in [6, 6.07) is 3.67. The molecule has 1 aromatic carbocycles. The number of hydrogen-bond acceptors (Lipinski definition) is 1. The number of aromatic amines is 2. The first-order valence-electron chi connectivity index (χ1n) is 4.11. The highest BCUT2D eigenvalue weighted by Crippen LogP contribution is 2.21. The Morgan fingerprint density at radius 2 is 1.92 bits per heavy atom. The summed E-state index contributed by atoms with van der Waals surface area (Å²) in [5.41, 5.74) is 2.42. The van der Waals surface area contributed by atoms with Crippen molar-refractivity contribution in [2.24, 2.45) is 0 Å². The summed E-state index contributed by atoms with van der Waals surface area (Å²) >= 11 is 5.98. The van der Waals surface area contributed by atoms with Crippen LogP contribution in [0.5, 0.6) is 0 Å². The van der Waals surface area contributed by atoms with Gasteiger partial charge in [0, 0.05) is 5.02 Å². The van der Waals surface area contributed by atoms with E-state index in [9.17, 15) is 4.79 Å². The van der Waals surface area contributed by atoms with Crippen LogP contribution in [0.1, 0.15) is 12.5 Å². The fourth-order valence-electron chi connectivity index (χ4n) is 1.37.